The molecule has 0 fully saturated rings. The molecule has 0 unspecified atom stereocenters. The van der Waals surface area contributed by atoms with E-state index in [9.17, 15) is 9.59 Å². The average Bonchev–Trinajstić information content (AvgIpc) is 2.18. The Morgan fingerprint density at radius 2 is 1.81 bits per heavy atom. The quantitative estimate of drug-likeness (QED) is 0.586. The number of carbonyl (C=O) groups excluding carboxylic acids is 1. The molecule has 16 heavy (non-hydrogen) atoms. The number of benzene rings is 1. The van der Waals surface area contributed by atoms with Crippen molar-refractivity contribution in [2.75, 3.05) is 6.61 Å². The normalized spacial score (nSPS) is 8.69. The fourth-order valence-electron chi connectivity index (χ4n) is 0.887. The molecule has 0 atom stereocenters. The molecule has 1 aromatic carbocycles. The summed E-state index contributed by atoms with van der Waals surface area (Å²) in [6.07, 6.45) is 0. The lowest BCUT2D eigenvalue weighted by molar-refractivity contribution is -0.131. The lowest BCUT2D eigenvalue weighted by atomic mass is 10.2. The number of carboxylic acids is 1. The van der Waals surface area contributed by atoms with Gasteiger partial charge in [0, 0.05) is 13.5 Å². The lowest BCUT2D eigenvalue weighted by Gasteiger charge is -2.03. The SMILES string of the molecule is CC(=O)Oc1ccccc1C(=O)O.CCO. The highest BCUT2D eigenvalue weighted by molar-refractivity contribution is 5.91. The Morgan fingerprint density at radius 3 is 2.25 bits per heavy atom. The molecule has 0 aromatic heterocycles. The fraction of sp³-hybridized carbons (Fsp3) is 0.273. The summed E-state index contributed by atoms with van der Waals surface area (Å²) in [5.41, 5.74) is -0.0160. The van der Waals surface area contributed by atoms with Crippen LogP contribution in [0.5, 0.6) is 5.75 Å². The number of para-hydroxylation sites is 1. The van der Waals surface area contributed by atoms with Crippen molar-refractivity contribution < 1.29 is 24.5 Å². The first kappa shape index (κ1) is 14.1. The minimum absolute atomic E-state index is 0.0160. The van der Waals surface area contributed by atoms with Crippen LogP contribution in [0.4, 0.5) is 0 Å². The maximum Gasteiger partial charge on any atom is 0.339 e. The first-order valence-electron chi connectivity index (χ1n) is 4.64. The van der Waals surface area contributed by atoms with E-state index in [1.54, 1.807) is 19.1 Å². The number of ether oxygens (including phenoxy) is 1. The summed E-state index contributed by atoms with van der Waals surface area (Å²) in [5, 5.41) is 16.3. The third-order valence-electron chi connectivity index (χ3n) is 1.37. The molecule has 0 bridgehead atoms. The summed E-state index contributed by atoms with van der Waals surface area (Å²) >= 11 is 0. The number of aliphatic hydroxyl groups is 1. The zero-order valence-electron chi connectivity index (χ0n) is 9.14. The predicted octanol–water partition coefficient (Wildman–Crippen LogP) is 1.31. The second-order valence-electron chi connectivity index (χ2n) is 2.71. The Labute approximate surface area is 93.3 Å². The number of hydrogen-bond acceptors (Lipinski definition) is 4. The summed E-state index contributed by atoms with van der Waals surface area (Å²) < 4.78 is 4.69. The molecule has 0 saturated heterocycles. The summed E-state index contributed by atoms with van der Waals surface area (Å²) in [6.45, 7) is 3.15. The molecule has 0 amide bonds. The van der Waals surface area contributed by atoms with Gasteiger partial charge in [0.2, 0.25) is 0 Å². The van der Waals surface area contributed by atoms with Gasteiger partial charge >= 0.3 is 11.9 Å². The largest absolute Gasteiger partial charge is 0.478 e. The molecule has 0 aliphatic heterocycles. The molecule has 0 aliphatic carbocycles. The van der Waals surface area contributed by atoms with Crippen LogP contribution in [0.1, 0.15) is 24.2 Å². The monoisotopic (exact) mass is 226 g/mol. The van der Waals surface area contributed by atoms with E-state index in [0.29, 0.717) is 0 Å². The number of carbonyl (C=O) groups is 2. The van der Waals surface area contributed by atoms with E-state index in [-0.39, 0.29) is 17.9 Å². The molecule has 0 spiro atoms. The first-order valence-corrected chi connectivity index (χ1v) is 4.64. The minimum atomic E-state index is -1.11. The molecule has 2 N–H and O–H groups in total. The molecule has 0 aliphatic rings. The van der Waals surface area contributed by atoms with Gasteiger partial charge in [-0.2, -0.15) is 0 Å². The van der Waals surface area contributed by atoms with Crippen LogP contribution in [0.2, 0.25) is 0 Å². The molecular weight excluding hydrogens is 212 g/mol. The van der Waals surface area contributed by atoms with Crippen molar-refractivity contribution in [1.29, 1.82) is 0 Å². The molecule has 5 heteroatoms. The molecule has 1 rings (SSSR count). The summed E-state index contributed by atoms with van der Waals surface area (Å²) in [5.74, 6) is -1.58. The van der Waals surface area contributed by atoms with E-state index in [1.165, 1.54) is 19.1 Å². The number of aliphatic hydroxyl groups excluding tert-OH is 1. The van der Waals surface area contributed by atoms with Gasteiger partial charge in [-0.05, 0) is 19.1 Å². The Balaban J connectivity index is 0.000000673. The Kier molecular flexibility index (Phi) is 6.55. The van der Waals surface area contributed by atoms with Gasteiger partial charge in [-0.25, -0.2) is 4.79 Å². The van der Waals surface area contributed by atoms with E-state index < -0.39 is 11.9 Å². The second kappa shape index (κ2) is 7.42. The van der Waals surface area contributed by atoms with Crippen LogP contribution in [0.3, 0.4) is 0 Å². The van der Waals surface area contributed by atoms with Gasteiger partial charge < -0.3 is 14.9 Å². The van der Waals surface area contributed by atoms with Crippen molar-refractivity contribution in [2.24, 2.45) is 0 Å². The van der Waals surface area contributed by atoms with E-state index in [4.69, 9.17) is 10.2 Å². The zero-order valence-corrected chi connectivity index (χ0v) is 9.14. The van der Waals surface area contributed by atoms with Gasteiger partial charge in [-0.15, -0.1) is 0 Å². The fourth-order valence-corrected chi connectivity index (χ4v) is 0.887. The summed E-state index contributed by atoms with van der Waals surface area (Å²) in [7, 11) is 0. The molecule has 88 valence electrons. The third kappa shape index (κ3) is 5.11. The van der Waals surface area contributed by atoms with E-state index >= 15 is 0 Å². The topological polar surface area (TPSA) is 83.8 Å². The zero-order chi connectivity index (χ0) is 12.6. The maximum atomic E-state index is 10.6. The van der Waals surface area contributed by atoms with Crippen LogP contribution in [0.15, 0.2) is 24.3 Å². The van der Waals surface area contributed by atoms with Crippen LogP contribution < -0.4 is 4.74 Å². The minimum Gasteiger partial charge on any atom is -0.478 e. The Hall–Kier alpha value is -1.88. The Bertz CT molecular complexity index is 359. The predicted molar refractivity (Wildman–Crippen MR) is 57.5 cm³/mol. The van der Waals surface area contributed by atoms with Gasteiger partial charge in [0.15, 0.2) is 0 Å². The van der Waals surface area contributed by atoms with E-state index in [0.717, 1.165) is 0 Å². The van der Waals surface area contributed by atoms with Gasteiger partial charge in [0.05, 0.1) is 0 Å². The third-order valence-corrected chi connectivity index (χ3v) is 1.37. The first-order chi connectivity index (χ1) is 7.52. The summed E-state index contributed by atoms with van der Waals surface area (Å²) in [4.78, 5) is 21.2. The maximum absolute atomic E-state index is 10.6. The average molecular weight is 226 g/mol. The van der Waals surface area contributed by atoms with Crippen molar-refractivity contribution in [3.05, 3.63) is 29.8 Å². The summed E-state index contributed by atoms with van der Waals surface area (Å²) in [6, 6.07) is 5.98. The molecule has 0 heterocycles. The molecule has 0 radical (unpaired) electrons. The van der Waals surface area contributed by atoms with Crippen molar-refractivity contribution in [3.63, 3.8) is 0 Å². The lowest BCUT2D eigenvalue weighted by Crippen LogP contribution is -2.06. The highest BCUT2D eigenvalue weighted by Crippen LogP contribution is 2.17. The van der Waals surface area contributed by atoms with Crippen LogP contribution >= 0.6 is 0 Å². The Morgan fingerprint density at radius 1 is 1.31 bits per heavy atom. The van der Waals surface area contributed by atoms with Crippen molar-refractivity contribution in [1.82, 2.24) is 0 Å². The highest BCUT2D eigenvalue weighted by Gasteiger charge is 2.10. The number of aromatic carboxylic acids is 1. The second-order valence-corrected chi connectivity index (χ2v) is 2.71. The van der Waals surface area contributed by atoms with Crippen LogP contribution in [-0.2, 0) is 4.79 Å². The van der Waals surface area contributed by atoms with Gasteiger partial charge in [-0.1, -0.05) is 12.1 Å². The van der Waals surface area contributed by atoms with Gasteiger partial charge in [-0.3, -0.25) is 4.79 Å². The van der Waals surface area contributed by atoms with Crippen molar-refractivity contribution in [3.8, 4) is 5.75 Å². The highest BCUT2D eigenvalue weighted by atomic mass is 16.5. The molecule has 5 nitrogen and oxygen atoms in total. The number of carboxylic acid groups (broad SMARTS) is 1. The number of hydrogen-bond donors (Lipinski definition) is 2. The van der Waals surface area contributed by atoms with E-state index in [1.807, 2.05) is 0 Å². The van der Waals surface area contributed by atoms with Gasteiger partial charge in [0.25, 0.3) is 0 Å². The number of esters is 1. The smallest absolute Gasteiger partial charge is 0.339 e. The van der Waals surface area contributed by atoms with Crippen molar-refractivity contribution in [2.45, 2.75) is 13.8 Å². The standard InChI is InChI=1S/C9H8O4.C2H6O/c1-6(10)13-8-5-3-2-4-7(8)9(11)12;1-2-3/h2-5H,1H3,(H,11,12);3H,2H2,1H3. The molecular formula is C11H14O5. The number of rotatable bonds is 2. The van der Waals surface area contributed by atoms with Crippen LogP contribution in [0.25, 0.3) is 0 Å². The van der Waals surface area contributed by atoms with Crippen LogP contribution in [-0.4, -0.2) is 28.8 Å². The van der Waals surface area contributed by atoms with Crippen LogP contribution in [0, 0.1) is 0 Å². The van der Waals surface area contributed by atoms with E-state index in [2.05, 4.69) is 4.74 Å². The molecule has 1 aromatic rings. The van der Waals surface area contributed by atoms with Crippen molar-refractivity contribution >= 4 is 11.9 Å². The molecule has 0 saturated carbocycles. The van der Waals surface area contributed by atoms with Gasteiger partial charge in [0.1, 0.15) is 11.3 Å².